The number of nitrogens with zero attached hydrogens (tertiary/aromatic N) is 3. The number of fused-ring (bicyclic) bond motifs is 1. The summed E-state index contributed by atoms with van der Waals surface area (Å²) in [6.45, 7) is 6.85. The summed E-state index contributed by atoms with van der Waals surface area (Å²) >= 11 is 1.25. The number of rotatable bonds is 11. The minimum Gasteiger partial charge on any atom is -0.497 e. The van der Waals surface area contributed by atoms with E-state index in [0.29, 0.717) is 56.5 Å². The first-order chi connectivity index (χ1) is 22.2. The molecule has 1 aliphatic rings. The van der Waals surface area contributed by atoms with Crippen LogP contribution in [0, 0.1) is 0 Å². The van der Waals surface area contributed by atoms with Crippen molar-refractivity contribution in [2.75, 3.05) is 27.3 Å². The molecule has 238 valence electrons. The summed E-state index contributed by atoms with van der Waals surface area (Å²) in [6.07, 6.45) is 1.79. The molecule has 2 heterocycles. The van der Waals surface area contributed by atoms with Crippen LogP contribution in [0.1, 0.15) is 53.9 Å². The summed E-state index contributed by atoms with van der Waals surface area (Å²) in [5.74, 6) is 0.497. The van der Waals surface area contributed by atoms with Gasteiger partial charge < -0.3 is 24.2 Å². The number of amides is 1. The van der Waals surface area contributed by atoms with Crippen LogP contribution in [0.5, 0.6) is 17.2 Å². The molecular weight excluding hydrogens is 606 g/mol. The lowest BCUT2D eigenvalue weighted by Crippen LogP contribution is -2.43. The third kappa shape index (κ3) is 6.45. The predicted molar refractivity (Wildman–Crippen MR) is 175 cm³/mol. The number of carboxylic acids is 1. The average molecular weight is 642 g/mol. The fourth-order valence-corrected chi connectivity index (χ4v) is 6.44. The van der Waals surface area contributed by atoms with Gasteiger partial charge in [-0.05, 0) is 80.4 Å². The number of aromatic nitrogens is 1. The Labute approximate surface area is 270 Å². The van der Waals surface area contributed by atoms with Crippen LogP contribution in [-0.4, -0.2) is 53.8 Å². The van der Waals surface area contributed by atoms with E-state index in [1.54, 1.807) is 85.2 Å². The Hall–Kier alpha value is -5.16. The van der Waals surface area contributed by atoms with Gasteiger partial charge in [0.2, 0.25) is 0 Å². The van der Waals surface area contributed by atoms with Gasteiger partial charge in [-0.25, -0.2) is 9.79 Å². The van der Waals surface area contributed by atoms with Crippen molar-refractivity contribution in [3.63, 3.8) is 0 Å². The van der Waals surface area contributed by atoms with Crippen LogP contribution in [0.15, 0.2) is 87.8 Å². The maximum Gasteiger partial charge on any atom is 0.335 e. The second-order valence-electron chi connectivity index (χ2n) is 10.5. The number of carboxylic acid groups (broad SMARTS) is 1. The molecule has 0 radical (unpaired) electrons. The molecule has 1 aliphatic heterocycles. The molecule has 0 spiro atoms. The lowest BCUT2D eigenvalue weighted by molar-refractivity contribution is -0.127. The van der Waals surface area contributed by atoms with Gasteiger partial charge >= 0.3 is 5.97 Å². The van der Waals surface area contributed by atoms with Crippen LogP contribution in [-0.2, 0) is 11.4 Å². The highest BCUT2D eigenvalue weighted by Gasteiger charge is 2.36. The van der Waals surface area contributed by atoms with E-state index in [1.165, 1.54) is 17.4 Å². The Bertz CT molecular complexity index is 1990. The van der Waals surface area contributed by atoms with Crippen molar-refractivity contribution in [3.05, 3.63) is 120 Å². The molecule has 0 unspecified atom stereocenters. The number of carbonyl (C=O) groups is 2. The maximum absolute atomic E-state index is 14.1. The second kappa shape index (κ2) is 13.9. The van der Waals surface area contributed by atoms with Crippen molar-refractivity contribution in [3.8, 4) is 17.2 Å². The molecule has 1 aromatic heterocycles. The fraction of sp³-hybridized carbons (Fsp3) is 0.257. The van der Waals surface area contributed by atoms with Crippen molar-refractivity contribution in [1.29, 1.82) is 0 Å². The molecule has 46 heavy (non-hydrogen) atoms. The first kappa shape index (κ1) is 32.2. The van der Waals surface area contributed by atoms with Crippen LogP contribution in [0.4, 0.5) is 0 Å². The Balaban J connectivity index is 1.54. The van der Waals surface area contributed by atoms with Gasteiger partial charge in [0.25, 0.3) is 11.5 Å². The van der Waals surface area contributed by atoms with Crippen LogP contribution < -0.4 is 29.1 Å². The lowest BCUT2D eigenvalue weighted by Gasteiger charge is -2.30. The van der Waals surface area contributed by atoms with Gasteiger partial charge in [-0.3, -0.25) is 14.2 Å². The summed E-state index contributed by atoms with van der Waals surface area (Å²) in [5, 5.41) is 9.23. The predicted octanol–water partition coefficient (Wildman–Crippen LogP) is 4.40. The Kier molecular flexibility index (Phi) is 9.72. The number of allylic oxidation sites excluding steroid dienone is 1. The molecular formula is C35H35N3O7S. The summed E-state index contributed by atoms with van der Waals surface area (Å²) in [6, 6.07) is 18.4. The zero-order valence-electron chi connectivity index (χ0n) is 26.3. The SMILES string of the molecule is CCN(CC)C(=O)C1=C(C)N=c2s/c(=C/c3ccc(OCc4cccc(C(=O)O)c4)cc3)c(=O)n2[C@@H]1c1cc(OC)ccc1OC. The summed E-state index contributed by atoms with van der Waals surface area (Å²) in [5.41, 5.74) is 2.99. The second-order valence-corrected chi connectivity index (χ2v) is 11.5. The van der Waals surface area contributed by atoms with Gasteiger partial charge in [-0.2, -0.15) is 0 Å². The number of carbonyl (C=O) groups excluding carboxylic acids is 1. The number of aromatic carboxylic acids is 1. The summed E-state index contributed by atoms with van der Waals surface area (Å²) < 4.78 is 19.1. The molecule has 4 aromatic rings. The molecule has 0 fully saturated rings. The quantitative estimate of drug-likeness (QED) is 0.258. The Morgan fingerprint density at radius 3 is 2.37 bits per heavy atom. The molecule has 1 N–H and O–H groups in total. The molecule has 0 saturated heterocycles. The number of likely N-dealkylation sites (N-methyl/N-ethyl adjacent to an activating group) is 1. The highest BCUT2D eigenvalue weighted by atomic mass is 32.1. The van der Waals surface area contributed by atoms with E-state index in [9.17, 15) is 19.5 Å². The average Bonchev–Trinajstić information content (AvgIpc) is 3.37. The van der Waals surface area contributed by atoms with E-state index in [-0.39, 0.29) is 23.6 Å². The maximum atomic E-state index is 14.1. The Morgan fingerprint density at radius 2 is 1.72 bits per heavy atom. The molecule has 3 aromatic carbocycles. The zero-order valence-corrected chi connectivity index (χ0v) is 27.1. The van der Waals surface area contributed by atoms with Gasteiger partial charge in [0.05, 0.1) is 35.6 Å². The first-order valence-corrected chi connectivity index (χ1v) is 15.6. The van der Waals surface area contributed by atoms with Gasteiger partial charge in [-0.15, -0.1) is 0 Å². The molecule has 0 aliphatic carbocycles. The largest absolute Gasteiger partial charge is 0.497 e. The minimum atomic E-state index is -0.993. The van der Waals surface area contributed by atoms with Crippen molar-refractivity contribution in [2.24, 2.45) is 4.99 Å². The monoisotopic (exact) mass is 641 g/mol. The first-order valence-electron chi connectivity index (χ1n) is 14.8. The number of methoxy groups -OCH3 is 2. The molecule has 0 saturated carbocycles. The van der Waals surface area contributed by atoms with Gasteiger partial charge in [0.1, 0.15) is 29.9 Å². The minimum absolute atomic E-state index is 0.194. The lowest BCUT2D eigenvalue weighted by atomic mass is 9.93. The van der Waals surface area contributed by atoms with E-state index in [0.717, 1.165) is 11.1 Å². The smallest absolute Gasteiger partial charge is 0.335 e. The van der Waals surface area contributed by atoms with Crippen LogP contribution in [0.3, 0.4) is 0 Å². The van der Waals surface area contributed by atoms with Crippen molar-refractivity contribution >= 4 is 29.3 Å². The van der Waals surface area contributed by atoms with E-state index in [1.807, 2.05) is 26.0 Å². The summed E-state index contributed by atoms with van der Waals surface area (Å²) in [7, 11) is 3.12. The van der Waals surface area contributed by atoms with Crippen molar-refractivity contribution in [1.82, 2.24) is 9.47 Å². The van der Waals surface area contributed by atoms with E-state index < -0.39 is 12.0 Å². The van der Waals surface area contributed by atoms with Crippen LogP contribution in [0.2, 0.25) is 0 Å². The zero-order chi connectivity index (χ0) is 33.0. The molecule has 5 rings (SSSR count). The van der Waals surface area contributed by atoms with Gasteiger partial charge in [-0.1, -0.05) is 35.6 Å². The third-order valence-corrected chi connectivity index (χ3v) is 8.77. The van der Waals surface area contributed by atoms with Gasteiger partial charge in [0, 0.05) is 18.7 Å². The van der Waals surface area contributed by atoms with E-state index >= 15 is 0 Å². The van der Waals surface area contributed by atoms with Crippen LogP contribution >= 0.6 is 11.3 Å². The number of benzene rings is 3. The van der Waals surface area contributed by atoms with Crippen molar-refractivity contribution in [2.45, 2.75) is 33.4 Å². The molecule has 1 atom stereocenters. The van der Waals surface area contributed by atoms with Gasteiger partial charge in [0.15, 0.2) is 4.80 Å². The fourth-order valence-electron chi connectivity index (χ4n) is 5.40. The highest BCUT2D eigenvalue weighted by Crippen LogP contribution is 2.38. The standard InChI is InChI=1S/C35H35N3O7S/c1-6-37(7-2)33(40)30-21(3)36-35-38(31(30)27-19-26(43-4)15-16-28(27)44-5)32(39)29(46-35)18-22-11-13-25(14-12-22)45-20-23-9-8-10-24(17-23)34(41)42/h8-19,31H,6-7,20H2,1-5H3,(H,41,42)/b29-18+/t31-/m1/s1. The molecule has 10 nitrogen and oxygen atoms in total. The summed E-state index contributed by atoms with van der Waals surface area (Å²) in [4.78, 5) is 46.3. The molecule has 1 amide bonds. The third-order valence-electron chi connectivity index (χ3n) is 7.79. The van der Waals surface area contributed by atoms with Crippen LogP contribution in [0.25, 0.3) is 6.08 Å². The number of hydrogen-bond acceptors (Lipinski definition) is 8. The number of thiazole rings is 1. The van der Waals surface area contributed by atoms with E-state index in [2.05, 4.69) is 0 Å². The number of ether oxygens (including phenoxy) is 3. The van der Waals surface area contributed by atoms with E-state index in [4.69, 9.17) is 19.2 Å². The normalized spacial score (nSPS) is 14.4. The Morgan fingerprint density at radius 1 is 1.00 bits per heavy atom. The molecule has 11 heteroatoms. The number of hydrogen-bond donors (Lipinski definition) is 1. The van der Waals surface area contributed by atoms with Crippen molar-refractivity contribution < 1.29 is 28.9 Å². The molecule has 0 bridgehead atoms. The highest BCUT2D eigenvalue weighted by molar-refractivity contribution is 7.07. The topological polar surface area (TPSA) is 120 Å².